The zero-order valence-corrected chi connectivity index (χ0v) is 12.1. The van der Waals surface area contributed by atoms with Gasteiger partial charge in [0, 0.05) is 29.8 Å². The molecule has 0 saturated carbocycles. The molecule has 0 aliphatic rings. The predicted molar refractivity (Wildman–Crippen MR) is 82.7 cm³/mol. The third kappa shape index (κ3) is 2.07. The Balaban J connectivity index is 1.90. The standard InChI is InChI=1S/C16H10ClFN4/c17-14-9-20-16(22(14)13-4-2-12(18)3-5-13)11-1-6-15-19-7-8-21(15)10-11/h1-10H. The Kier molecular flexibility index (Phi) is 2.94. The van der Waals surface area contributed by atoms with Gasteiger partial charge in [0.05, 0.1) is 6.20 Å². The van der Waals surface area contributed by atoms with E-state index in [9.17, 15) is 4.39 Å². The van der Waals surface area contributed by atoms with E-state index in [4.69, 9.17) is 11.6 Å². The Morgan fingerprint density at radius 1 is 1.00 bits per heavy atom. The molecule has 0 aliphatic carbocycles. The van der Waals surface area contributed by atoms with E-state index in [0.717, 1.165) is 16.9 Å². The molecule has 0 N–H and O–H groups in total. The molecule has 6 heteroatoms. The molecule has 0 spiro atoms. The van der Waals surface area contributed by atoms with Crippen LogP contribution < -0.4 is 0 Å². The Morgan fingerprint density at radius 2 is 1.82 bits per heavy atom. The van der Waals surface area contributed by atoms with E-state index in [-0.39, 0.29) is 5.82 Å². The first-order valence-electron chi connectivity index (χ1n) is 6.65. The number of hydrogen-bond acceptors (Lipinski definition) is 2. The summed E-state index contributed by atoms with van der Waals surface area (Å²) in [4.78, 5) is 8.60. The zero-order valence-electron chi connectivity index (χ0n) is 11.3. The molecule has 3 aromatic heterocycles. The number of benzene rings is 1. The highest BCUT2D eigenvalue weighted by Gasteiger charge is 2.13. The molecular weight excluding hydrogens is 303 g/mol. The monoisotopic (exact) mass is 312 g/mol. The van der Waals surface area contributed by atoms with Crippen LogP contribution in [0.1, 0.15) is 0 Å². The van der Waals surface area contributed by atoms with Crippen LogP contribution in [-0.4, -0.2) is 18.9 Å². The number of halogens is 2. The van der Waals surface area contributed by atoms with E-state index >= 15 is 0 Å². The van der Waals surface area contributed by atoms with Crippen molar-refractivity contribution < 1.29 is 4.39 Å². The third-order valence-electron chi connectivity index (χ3n) is 3.45. The summed E-state index contributed by atoms with van der Waals surface area (Å²) >= 11 is 6.25. The summed E-state index contributed by atoms with van der Waals surface area (Å²) < 4.78 is 16.8. The van der Waals surface area contributed by atoms with Crippen LogP contribution in [0.2, 0.25) is 5.15 Å². The molecule has 0 amide bonds. The van der Waals surface area contributed by atoms with E-state index in [2.05, 4.69) is 9.97 Å². The summed E-state index contributed by atoms with van der Waals surface area (Å²) in [5.41, 5.74) is 2.50. The molecule has 4 nitrogen and oxygen atoms in total. The first-order chi connectivity index (χ1) is 10.7. The Labute approximate surface area is 130 Å². The highest BCUT2D eigenvalue weighted by Crippen LogP contribution is 2.27. The van der Waals surface area contributed by atoms with E-state index in [1.165, 1.54) is 12.1 Å². The van der Waals surface area contributed by atoms with Gasteiger partial charge in [0.15, 0.2) is 0 Å². The largest absolute Gasteiger partial charge is 0.306 e. The fraction of sp³-hybridized carbons (Fsp3) is 0. The van der Waals surface area contributed by atoms with Gasteiger partial charge in [-0.05, 0) is 36.4 Å². The Bertz CT molecular complexity index is 956. The van der Waals surface area contributed by atoms with Gasteiger partial charge in [0.1, 0.15) is 22.4 Å². The molecular formula is C16H10ClFN4. The van der Waals surface area contributed by atoms with Crippen LogP contribution in [0.5, 0.6) is 0 Å². The van der Waals surface area contributed by atoms with E-state index in [1.807, 2.05) is 28.9 Å². The van der Waals surface area contributed by atoms with Gasteiger partial charge >= 0.3 is 0 Å². The second-order valence-corrected chi connectivity index (χ2v) is 5.21. The van der Waals surface area contributed by atoms with E-state index in [1.54, 1.807) is 29.1 Å². The van der Waals surface area contributed by atoms with Crippen LogP contribution in [-0.2, 0) is 0 Å². The maximum atomic E-state index is 13.1. The van der Waals surface area contributed by atoms with Gasteiger partial charge in [-0.1, -0.05) is 11.6 Å². The van der Waals surface area contributed by atoms with Gasteiger partial charge in [-0.15, -0.1) is 0 Å². The highest BCUT2D eigenvalue weighted by atomic mass is 35.5. The van der Waals surface area contributed by atoms with Crippen molar-refractivity contribution in [1.29, 1.82) is 0 Å². The summed E-state index contributed by atoms with van der Waals surface area (Å²) in [7, 11) is 0. The van der Waals surface area contributed by atoms with E-state index in [0.29, 0.717) is 11.0 Å². The van der Waals surface area contributed by atoms with Gasteiger partial charge in [-0.2, -0.15) is 0 Å². The maximum absolute atomic E-state index is 13.1. The molecule has 108 valence electrons. The summed E-state index contributed by atoms with van der Waals surface area (Å²) in [5, 5.41) is 0.465. The molecule has 1 aromatic carbocycles. The second-order valence-electron chi connectivity index (χ2n) is 4.83. The third-order valence-corrected chi connectivity index (χ3v) is 3.72. The van der Waals surface area contributed by atoms with E-state index < -0.39 is 0 Å². The fourth-order valence-corrected chi connectivity index (χ4v) is 2.65. The molecule has 0 unspecified atom stereocenters. The zero-order chi connectivity index (χ0) is 15.1. The van der Waals surface area contributed by atoms with Gasteiger partial charge in [-0.25, -0.2) is 14.4 Å². The molecule has 4 rings (SSSR count). The summed E-state index contributed by atoms with van der Waals surface area (Å²) in [6.07, 6.45) is 7.11. The molecule has 0 saturated heterocycles. The van der Waals surface area contributed by atoms with Crippen LogP contribution in [0.25, 0.3) is 22.7 Å². The lowest BCUT2D eigenvalue weighted by Crippen LogP contribution is -1.98. The van der Waals surface area contributed by atoms with Crippen molar-refractivity contribution in [2.75, 3.05) is 0 Å². The topological polar surface area (TPSA) is 35.1 Å². The molecule has 0 radical (unpaired) electrons. The first-order valence-corrected chi connectivity index (χ1v) is 7.02. The lowest BCUT2D eigenvalue weighted by molar-refractivity contribution is 0.627. The van der Waals surface area contributed by atoms with Crippen LogP contribution in [0.15, 0.2) is 61.2 Å². The molecule has 0 bridgehead atoms. The quantitative estimate of drug-likeness (QED) is 0.561. The van der Waals surface area contributed by atoms with Crippen LogP contribution in [0, 0.1) is 5.82 Å². The minimum absolute atomic E-state index is 0.290. The molecule has 4 aromatic rings. The highest BCUT2D eigenvalue weighted by molar-refractivity contribution is 6.30. The average Bonchev–Trinajstić information content (AvgIpc) is 3.14. The Hall–Kier alpha value is -2.66. The lowest BCUT2D eigenvalue weighted by Gasteiger charge is -2.09. The van der Waals surface area contributed by atoms with Gasteiger partial charge in [0.25, 0.3) is 0 Å². The molecule has 3 heterocycles. The summed E-state index contributed by atoms with van der Waals surface area (Å²) in [6, 6.07) is 9.97. The smallest absolute Gasteiger partial charge is 0.147 e. The predicted octanol–water partition coefficient (Wildman–Crippen LogP) is 3.98. The van der Waals surface area contributed by atoms with Crippen molar-refractivity contribution in [2.45, 2.75) is 0 Å². The van der Waals surface area contributed by atoms with Crippen molar-refractivity contribution in [3.8, 4) is 17.1 Å². The number of rotatable bonds is 2. The van der Waals surface area contributed by atoms with Crippen LogP contribution in [0.4, 0.5) is 4.39 Å². The van der Waals surface area contributed by atoms with Gasteiger partial charge < -0.3 is 4.40 Å². The van der Waals surface area contributed by atoms with Crippen molar-refractivity contribution in [3.63, 3.8) is 0 Å². The minimum Gasteiger partial charge on any atom is -0.306 e. The maximum Gasteiger partial charge on any atom is 0.147 e. The van der Waals surface area contributed by atoms with Gasteiger partial charge in [0.2, 0.25) is 0 Å². The SMILES string of the molecule is Fc1ccc(-n2c(Cl)cnc2-c2ccc3nccn3c2)cc1. The minimum atomic E-state index is -0.290. The van der Waals surface area contributed by atoms with Crippen molar-refractivity contribution in [3.05, 3.63) is 72.2 Å². The molecule has 0 fully saturated rings. The van der Waals surface area contributed by atoms with Crippen LogP contribution in [0.3, 0.4) is 0 Å². The van der Waals surface area contributed by atoms with Crippen molar-refractivity contribution in [1.82, 2.24) is 18.9 Å². The number of aromatic nitrogens is 4. The molecule has 22 heavy (non-hydrogen) atoms. The Morgan fingerprint density at radius 3 is 2.64 bits per heavy atom. The molecule has 0 atom stereocenters. The number of pyridine rings is 1. The number of nitrogens with zero attached hydrogens (tertiary/aromatic N) is 4. The van der Waals surface area contributed by atoms with Crippen molar-refractivity contribution in [2.24, 2.45) is 0 Å². The van der Waals surface area contributed by atoms with Gasteiger partial charge in [-0.3, -0.25) is 4.57 Å². The normalized spacial score (nSPS) is 11.2. The van der Waals surface area contributed by atoms with Crippen LogP contribution >= 0.6 is 11.6 Å². The van der Waals surface area contributed by atoms with Crippen molar-refractivity contribution >= 4 is 17.2 Å². The molecule has 0 aliphatic heterocycles. The second kappa shape index (κ2) is 4.96. The average molecular weight is 313 g/mol. The summed E-state index contributed by atoms with van der Waals surface area (Å²) in [5.74, 6) is 0.397. The first kappa shape index (κ1) is 13.0. The number of fused-ring (bicyclic) bond motifs is 1. The summed E-state index contributed by atoms with van der Waals surface area (Å²) in [6.45, 7) is 0. The lowest BCUT2D eigenvalue weighted by atomic mass is 10.2. The fourth-order valence-electron chi connectivity index (χ4n) is 2.42. The number of hydrogen-bond donors (Lipinski definition) is 0. The number of imidazole rings is 2.